The van der Waals surface area contributed by atoms with E-state index < -0.39 is 0 Å². The first-order valence-electron chi connectivity index (χ1n) is 18.0. The minimum absolute atomic E-state index is 0.627. The van der Waals surface area contributed by atoms with Crippen LogP contribution < -0.4 is 9.80 Å². The first-order chi connectivity index (χ1) is 25.2. The summed E-state index contributed by atoms with van der Waals surface area (Å²) in [5.41, 5.74) is 20.2. The molecular weight excluding hydrogens is 621 g/mol. The van der Waals surface area contributed by atoms with E-state index in [9.17, 15) is 0 Å². The van der Waals surface area contributed by atoms with Gasteiger partial charge in [0, 0.05) is 35.4 Å². The van der Waals surface area contributed by atoms with Gasteiger partial charge in [-0.15, -0.1) is 0 Å². The lowest BCUT2D eigenvalue weighted by atomic mass is 9.99. The summed E-state index contributed by atoms with van der Waals surface area (Å²) < 4.78 is 0. The van der Waals surface area contributed by atoms with Gasteiger partial charge in [0.2, 0.25) is 0 Å². The minimum Gasteiger partial charge on any atom is -0.280 e. The molecule has 0 saturated carbocycles. The summed E-state index contributed by atoms with van der Waals surface area (Å²) >= 11 is 0. The normalized spacial score (nSPS) is 18.3. The van der Waals surface area contributed by atoms with Gasteiger partial charge in [0.15, 0.2) is 0 Å². The van der Waals surface area contributed by atoms with Gasteiger partial charge < -0.3 is 0 Å². The molecule has 4 nitrogen and oxygen atoms in total. The Morgan fingerprint density at radius 1 is 0.412 bits per heavy atom. The quantitative estimate of drug-likeness (QED) is 0.168. The van der Waals surface area contributed by atoms with Crippen molar-refractivity contribution in [2.24, 2.45) is 9.98 Å². The largest absolute Gasteiger partial charge is 0.280 e. The van der Waals surface area contributed by atoms with Crippen molar-refractivity contribution in [2.75, 3.05) is 0 Å². The van der Waals surface area contributed by atoms with Gasteiger partial charge in [0.1, 0.15) is 36.9 Å². The van der Waals surface area contributed by atoms with E-state index in [-0.39, 0.29) is 0 Å². The van der Waals surface area contributed by atoms with Crippen molar-refractivity contribution >= 4 is 22.8 Å². The average molecular weight is 659 g/mol. The SMILES string of the molecule is C1=C[NH+]2Cc3ccc4c(c3)Cc3cc(ccc3-4)C[NH+]3C=CC(=NCc4cccc(c4)-c4cccc(c4)CN=C1c1ccccc12)c1ccccc13. The number of hydrogen-bond acceptors (Lipinski definition) is 2. The molecular formula is C47H38N4+2. The molecule has 4 aliphatic heterocycles. The highest BCUT2D eigenvalue weighted by Gasteiger charge is 2.26. The highest BCUT2D eigenvalue weighted by Crippen LogP contribution is 2.37. The van der Waals surface area contributed by atoms with Crippen LogP contribution in [0.3, 0.4) is 0 Å². The molecule has 1 aliphatic carbocycles. The van der Waals surface area contributed by atoms with Crippen molar-refractivity contribution in [1.82, 2.24) is 0 Å². The third kappa shape index (κ3) is 5.59. The number of aliphatic imine (C=N–C) groups is 2. The monoisotopic (exact) mass is 658 g/mol. The smallest absolute Gasteiger partial charge is 0.145 e. The second-order valence-corrected chi connectivity index (χ2v) is 14.1. The Morgan fingerprint density at radius 3 is 1.41 bits per heavy atom. The van der Waals surface area contributed by atoms with Crippen molar-refractivity contribution in [3.8, 4) is 22.3 Å². The topological polar surface area (TPSA) is 33.6 Å². The molecule has 4 heteroatoms. The summed E-state index contributed by atoms with van der Waals surface area (Å²) in [7, 11) is 0. The Balaban J connectivity index is 1.05. The van der Waals surface area contributed by atoms with Crippen LogP contribution in [0.15, 0.2) is 168 Å². The molecule has 0 saturated heterocycles. The number of fused-ring (bicyclic) bond motifs is 4. The van der Waals surface area contributed by atoms with E-state index in [0.717, 1.165) is 30.9 Å². The molecule has 51 heavy (non-hydrogen) atoms. The summed E-state index contributed by atoms with van der Waals surface area (Å²) in [6.45, 7) is 3.04. The average Bonchev–Trinajstić information content (AvgIpc) is 3.54. The van der Waals surface area contributed by atoms with E-state index in [1.54, 1.807) is 0 Å². The Kier molecular flexibility index (Phi) is 7.30. The number of allylic oxidation sites excluding steroid dienone is 2. The van der Waals surface area contributed by atoms with Crippen LogP contribution in [-0.2, 0) is 32.6 Å². The second-order valence-electron chi connectivity index (χ2n) is 14.1. The number of quaternary nitrogens is 2. The molecule has 0 radical (unpaired) electrons. The van der Waals surface area contributed by atoms with Gasteiger partial charge in [-0.05, 0) is 87.3 Å². The maximum Gasteiger partial charge on any atom is 0.145 e. The van der Waals surface area contributed by atoms with Crippen LogP contribution >= 0.6 is 0 Å². The summed E-state index contributed by atoms with van der Waals surface area (Å²) in [6.07, 6.45) is 9.96. The van der Waals surface area contributed by atoms with E-state index >= 15 is 0 Å². The number of hydrogen-bond donors (Lipinski definition) is 2. The highest BCUT2D eigenvalue weighted by atomic mass is 15.1. The Morgan fingerprint density at radius 2 is 0.902 bits per heavy atom. The van der Waals surface area contributed by atoms with E-state index in [1.165, 1.54) is 87.9 Å². The number of nitrogens with zero attached hydrogens (tertiary/aromatic N) is 2. The zero-order valence-corrected chi connectivity index (χ0v) is 28.4. The molecule has 2 unspecified atom stereocenters. The van der Waals surface area contributed by atoms with Gasteiger partial charge in [-0.25, -0.2) is 0 Å². The number of para-hydroxylation sites is 2. The van der Waals surface area contributed by atoms with Crippen molar-refractivity contribution in [3.05, 3.63) is 203 Å². The number of benzene rings is 6. The molecule has 11 rings (SSSR count). The predicted molar refractivity (Wildman–Crippen MR) is 207 cm³/mol. The fraction of sp³-hybridized carbons (Fsp3) is 0.106. The van der Waals surface area contributed by atoms with E-state index in [4.69, 9.17) is 9.98 Å². The molecule has 6 aromatic carbocycles. The molecule has 0 spiro atoms. The molecule has 5 aliphatic rings. The second kappa shape index (κ2) is 12.4. The van der Waals surface area contributed by atoms with Crippen LogP contribution in [-0.4, -0.2) is 11.4 Å². The third-order valence-electron chi connectivity index (χ3n) is 10.8. The fourth-order valence-corrected chi connectivity index (χ4v) is 8.30. The first kappa shape index (κ1) is 29.9. The van der Waals surface area contributed by atoms with Crippen LogP contribution in [0.1, 0.15) is 44.5 Å². The van der Waals surface area contributed by atoms with E-state index in [2.05, 4.69) is 158 Å². The van der Waals surface area contributed by atoms with Gasteiger partial charge in [-0.2, -0.15) is 0 Å². The molecule has 2 N–H and O–H groups in total. The van der Waals surface area contributed by atoms with Gasteiger partial charge in [-0.1, -0.05) is 84.9 Å². The van der Waals surface area contributed by atoms with Gasteiger partial charge >= 0.3 is 0 Å². The minimum atomic E-state index is 0.627. The van der Waals surface area contributed by atoms with E-state index in [0.29, 0.717) is 13.1 Å². The maximum absolute atomic E-state index is 5.16. The van der Waals surface area contributed by atoms with Crippen molar-refractivity contribution in [2.45, 2.75) is 32.6 Å². The molecule has 4 heterocycles. The molecule has 12 bridgehead atoms. The summed E-state index contributed by atoms with van der Waals surface area (Å²) in [5.74, 6) is 0. The summed E-state index contributed by atoms with van der Waals surface area (Å²) in [4.78, 5) is 13.0. The predicted octanol–water partition coefficient (Wildman–Crippen LogP) is 7.70. The lowest BCUT2D eigenvalue weighted by Crippen LogP contribution is -3.01. The van der Waals surface area contributed by atoms with Crippen molar-refractivity contribution < 1.29 is 9.80 Å². The molecule has 0 amide bonds. The third-order valence-corrected chi connectivity index (χ3v) is 10.8. The van der Waals surface area contributed by atoms with Gasteiger partial charge in [0.25, 0.3) is 0 Å². The number of rotatable bonds is 0. The van der Waals surface area contributed by atoms with Crippen LogP contribution in [0, 0.1) is 0 Å². The van der Waals surface area contributed by atoms with Crippen LogP contribution in [0.25, 0.3) is 22.3 Å². The van der Waals surface area contributed by atoms with Crippen LogP contribution in [0.4, 0.5) is 11.4 Å². The first-order valence-corrected chi connectivity index (χ1v) is 18.0. The molecule has 6 aromatic rings. The number of nitrogens with one attached hydrogen (secondary N) is 2. The van der Waals surface area contributed by atoms with Gasteiger partial charge in [-0.3, -0.25) is 19.8 Å². The lowest BCUT2D eigenvalue weighted by molar-refractivity contribution is -0.791. The Bertz CT molecular complexity index is 2310. The van der Waals surface area contributed by atoms with Crippen molar-refractivity contribution in [1.29, 1.82) is 0 Å². The standard InChI is InChI=1S/C47H36N4/c1-3-13-46-42(11-1)44-19-21-50(46)30-34-15-17-40-38(25-34)27-39-26-35(16-18-41(39)40)31-51-22-20-45(43-12-2-4-14-47(43)51)49-29-33-8-6-10-37(24-33)36-9-5-7-32(23-36)28-48-44/h1-26H,27-31H2/p+2. The zero-order valence-electron chi connectivity index (χ0n) is 28.4. The molecule has 2 atom stereocenters. The van der Waals surface area contributed by atoms with Crippen LogP contribution in [0.2, 0.25) is 0 Å². The fourth-order valence-electron chi connectivity index (χ4n) is 8.30. The zero-order chi connectivity index (χ0) is 33.7. The summed E-state index contributed by atoms with van der Waals surface area (Å²) in [5, 5.41) is 0. The lowest BCUT2D eigenvalue weighted by Gasteiger charge is -2.22. The van der Waals surface area contributed by atoms with E-state index in [1.807, 2.05) is 0 Å². The van der Waals surface area contributed by atoms with Crippen LogP contribution in [0.5, 0.6) is 0 Å². The molecule has 0 aromatic heterocycles. The summed E-state index contributed by atoms with van der Waals surface area (Å²) in [6, 6.07) is 49.3. The van der Waals surface area contributed by atoms with Crippen molar-refractivity contribution in [3.63, 3.8) is 0 Å². The molecule has 244 valence electrons. The molecule has 0 fully saturated rings. The Labute approximate surface area is 299 Å². The highest BCUT2D eigenvalue weighted by molar-refractivity contribution is 6.12. The van der Waals surface area contributed by atoms with Gasteiger partial charge in [0.05, 0.1) is 35.6 Å². The maximum atomic E-state index is 5.16. The Hall–Kier alpha value is -5.94.